The van der Waals surface area contributed by atoms with Gasteiger partial charge < -0.3 is 10.5 Å². The van der Waals surface area contributed by atoms with Crippen LogP contribution in [0.1, 0.15) is 43.5 Å². The highest BCUT2D eigenvalue weighted by atomic mass is 32.2. The van der Waals surface area contributed by atoms with Crippen molar-refractivity contribution in [2.24, 2.45) is 11.7 Å². The Morgan fingerprint density at radius 1 is 1.11 bits per heavy atom. The number of carbonyl (C=O) groups is 1. The molecule has 0 bridgehead atoms. The number of benzene rings is 2. The molecule has 3 atom stereocenters. The molecule has 0 spiro atoms. The average Bonchev–Trinajstić information content (AvgIpc) is 2.87. The molecule has 0 saturated carbocycles. The molecule has 0 unspecified atom stereocenters. The number of ether oxygens (including phenoxy) is 1. The van der Waals surface area contributed by atoms with Crippen LogP contribution in [0.5, 0.6) is 5.75 Å². The standard InChI is InChI=1S/C27H34N4O4S/c1-19-6-3-7-20(2)31(19)17-21(18-35-23-13-11-22(12-14-23)27(28)32)16-30-36(33,34)26-10-4-9-25-24(26)8-5-15-29-25/h4-5,8-15,19-21,30H,3,6-7,16-18H2,1-2H3,(H2,28,32)/t19-,20+,21-/m0/s1. The Morgan fingerprint density at radius 3 is 2.53 bits per heavy atom. The van der Waals surface area contributed by atoms with Crippen molar-refractivity contribution < 1.29 is 17.9 Å². The Kier molecular flexibility index (Phi) is 8.23. The highest BCUT2D eigenvalue weighted by Gasteiger charge is 2.28. The number of fused-ring (bicyclic) bond motifs is 1. The molecule has 2 heterocycles. The summed E-state index contributed by atoms with van der Waals surface area (Å²) in [5, 5.41) is 0.591. The van der Waals surface area contributed by atoms with Gasteiger partial charge in [0.05, 0.1) is 17.0 Å². The molecular formula is C27H34N4O4S. The van der Waals surface area contributed by atoms with Gasteiger partial charge in [-0.15, -0.1) is 0 Å². The van der Waals surface area contributed by atoms with E-state index in [0.29, 0.717) is 47.5 Å². The molecule has 1 fully saturated rings. The van der Waals surface area contributed by atoms with Crippen LogP contribution in [0.3, 0.4) is 0 Å². The smallest absolute Gasteiger partial charge is 0.248 e. The molecule has 1 aliphatic rings. The molecule has 0 radical (unpaired) electrons. The number of amides is 1. The molecule has 3 aromatic rings. The van der Waals surface area contributed by atoms with Gasteiger partial charge in [-0.2, -0.15) is 0 Å². The number of nitrogens with two attached hydrogens (primary N) is 1. The van der Waals surface area contributed by atoms with E-state index < -0.39 is 15.9 Å². The van der Waals surface area contributed by atoms with Crippen LogP contribution >= 0.6 is 0 Å². The van der Waals surface area contributed by atoms with Crippen LogP contribution in [0, 0.1) is 5.92 Å². The summed E-state index contributed by atoms with van der Waals surface area (Å²) in [5.74, 6) is 0.0185. The van der Waals surface area contributed by atoms with Crippen molar-refractivity contribution in [1.82, 2.24) is 14.6 Å². The lowest BCUT2D eigenvalue weighted by Gasteiger charge is -2.41. The fourth-order valence-corrected chi connectivity index (χ4v) is 6.18. The summed E-state index contributed by atoms with van der Waals surface area (Å²) in [6, 6.07) is 16.1. The molecule has 0 aliphatic carbocycles. The number of nitrogens with zero attached hydrogens (tertiary/aromatic N) is 2. The van der Waals surface area contributed by atoms with Crippen LogP contribution in [0.25, 0.3) is 10.9 Å². The van der Waals surface area contributed by atoms with E-state index in [4.69, 9.17) is 10.5 Å². The number of primary amides is 1. The topological polar surface area (TPSA) is 115 Å². The van der Waals surface area contributed by atoms with Gasteiger partial charge >= 0.3 is 0 Å². The third-order valence-electron chi connectivity index (χ3n) is 6.93. The summed E-state index contributed by atoms with van der Waals surface area (Å²) in [4.78, 5) is 18.3. The second-order valence-electron chi connectivity index (χ2n) is 9.57. The van der Waals surface area contributed by atoms with Crippen molar-refractivity contribution in [3.8, 4) is 5.75 Å². The molecule has 2 aromatic carbocycles. The second kappa shape index (κ2) is 11.4. The number of pyridine rings is 1. The summed E-state index contributed by atoms with van der Waals surface area (Å²) in [6.07, 6.45) is 5.10. The molecule has 1 amide bonds. The summed E-state index contributed by atoms with van der Waals surface area (Å²) < 4.78 is 35.5. The number of likely N-dealkylation sites (tertiary alicyclic amines) is 1. The lowest BCUT2D eigenvalue weighted by atomic mass is 9.95. The minimum atomic E-state index is -3.76. The first-order chi connectivity index (χ1) is 17.2. The van der Waals surface area contributed by atoms with Gasteiger partial charge in [-0.25, -0.2) is 13.1 Å². The highest BCUT2D eigenvalue weighted by Crippen LogP contribution is 2.25. The zero-order chi connectivity index (χ0) is 25.7. The fourth-order valence-electron chi connectivity index (χ4n) is 4.85. The minimum Gasteiger partial charge on any atom is -0.493 e. The van der Waals surface area contributed by atoms with Gasteiger partial charge in [-0.1, -0.05) is 12.5 Å². The van der Waals surface area contributed by atoms with E-state index in [1.807, 2.05) is 0 Å². The predicted molar refractivity (Wildman–Crippen MR) is 140 cm³/mol. The first-order valence-corrected chi connectivity index (χ1v) is 13.8. The van der Waals surface area contributed by atoms with E-state index >= 15 is 0 Å². The molecular weight excluding hydrogens is 476 g/mol. The summed E-state index contributed by atoms with van der Waals surface area (Å²) in [7, 11) is -3.76. The van der Waals surface area contributed by atoms with Crippen molar-refractivity contribution in [2.75, 3.05) is 19.7 Å². The summed E-state index contributed by atoms with van der Waals surface area (Å²) >= 11 is 0. The number of carbonyl (C=O) groups excluding carboxylic acids is 1. The number of hydrogen-bond acceptors (Lipinski definition) is 6. The Bertz CT molecular complexity index is 1280. The minimum absolute atomic E-state index is 0.0910. The molecule has 4 rings (SSSR count). The van der Waals surface area contributed by atoms with Gasteiger partial charge in [0.25, 0.3) is 0 Å². The zero-order valence-corrected chi connectivity index (χ0v) is 21.6. The van der Waals surface area contributed by atoms with Gasteiger partial charge in [0.1, 0.15) is 5.75 Å². The third-order valence-corrected chi connectivity index (χ3v) is 8.41. The lowest BCUT2D eigenvalue weighted by molar-refractivity contribution is 0.0724. The van der Waals surface area contributed by atoms with E-state index in [0.717, 1.165) is 12.8 Å². The van der Waals surface area contributed by atoms with Gasteiger partial charge in [-0.05, 0) is 75.2 Å². The van der Waals surface area contributed by atoms with Crippen LogP contribution in [0.4, 0.5) is 0 Å². The molecule has 3 N–H and O–H groups in total. The zero-order valence-electron chi connectivity index (χ0n) is 20.8. The molecule has 8 nitrogen and oxygen atoms in total. The maximum absolute atomic E-state index is 13.3. The van der Waals surface area contributed by atoms with Crippen molar-refractivity contribution in [1.29, 1.82) is 0 Å². The quantitative estimate of drug-likeness (QED) is 0.431. The van der Waals surface area contributed by atoms with Crippen molar-refractivity contribution in [2.45, 2.75) is 50.1 Å². The van der Waals surface area contributed by atoms with E-state index in [2.05, 4.69) is 28.5 Å². The number of sulfonamides is 1. The van der Waals surface area contributed by atoms with Crippen LogP contribution < -0.4 is 15.2 Å². The molecule has 192 valence electrons. The number of hydrogen-bond donors (Lipinski definition) is 2. The van der Waals surface area contributed by atoms with Gasteiger partial charge in [-0.3, -0.25) is 14.7 Å². The van der Waals surface area contributed by atoms with Crippen molar-refractivity contribution in [3.63, 3.8) is 0 Å². The summed E-state index contributed by atoms with van der Waals surface area (Å²) in [6.45, 7) is 5.72. The third kappa shape index (κ3) is 6.21. The van der Waals surface area contributed by atoms with Crippen LogP contribution in [-0.4, -0.2) is 56.0 Å². The largest absolute Gasteiger partial charge is 0.493 e. The van der Waals surface area contributed by atoms with Crippen molar-refractivity contribution >= 4 is 26.8 Å². The van der Waals surface area contributed by atoms with Gasteiger partial charge in [0, 0.05) is 48.2 Å². The molecule has 9 heteroatoms. The molecule has 1 aliphatic heterocycles. The maximum atomic E-state index is 13.3. The maximum Gasteiger partial charge on any atom is 0.248 e. The lowest BCUT2D eigenvalue weighted by Crippen LogP contribution is -2.48. The predicted octanol–water partition coefficient (Wildman–Crippen LogP) is 3.57. The Labute approximate surface area is 212 Å². The highest BCUT2D eigenvalue weighted by molar-refractivity contribution is 7.89. The van der Waals surface area contributed by atoms with E-state index in [9.17, 15) is 13.2 Å². The average molecular weight is 511 g/mol. The first kappa shape index (κ1) is 26.1. The molecule has 36 heavy (non-hydrogen) atoms. The number of rotatable bonds is 10. The van der Waals surface area contributed by atoms with Crippen LogP contribution in [0.2, 0.25) is 0 Å². The van der Waals surface area contributed by atoms with E-state index in [1.165, 1.54) is 6.42 Å². The second-order valence-corrected chi connectivity index (χ2v) is 11.3. The van der Waals surface area contributed by atoms with E-state index in [1.54, 1.807) is 60.8 Å². The normalized spacial score (nSPS) is 19.7. The first-order valence-electron chi connectivity index (χ1n) is 12.4. The monoisotopic (exact) mass is 510 g/mol. The number of aromatic nitrogens is 1. The van der Waals surface area contributed by atoms with Gasteiger partial charge in [0.2, 0.25) is 15.9 Å². The van der Waals surface area contributed by atoms with Crippen LogP contribution in [-0.2, 0) is 10.0 Å². The number of nitrogens with one attached hydrogen (secondary N) is 1. The Morgan fingerprint density at radius 2 is 1.83 bits per heavy atom. The Hall–Kier alpha value is -3.01. The summed E-state index contributed by atoms with van der Waals surface area (Å²) in [5.41, 5.74) is 6.37. The molecule has 1 aromatic heterocycles. The SMILES string of the molecule is C[C@@H]1CCC[C@H](C)N1C[C@H](CNS(=O)(=O)c1cccc2ncccc12)COc1ccc(C(N)=O)cc1. The van der Waals surface area contributed by atoms with Crippen molar-refractivity contribution in [3.05, 3.63) is 66.4 Å². The molecule has 1 saturated heterocycles. The van der Waals surface area contributed by atoms with Crippen LogP contribution in [0.15, 0.2) is 65.7 Å². The Balaban J connectivity index is 1.50. The van der Waals surface area contributed by atoms with Gasteiger partial charge in [0.15, 0.2) is 0 Å². The van der Waals surface area contributed by atoms with E-state index in [-0.39, 0.29) is 17.4 Å². The fraction of sp³-hybridized carbons (Fsp3) is 0.407. The number of piperidine rings is 1.